The lowest BCUT2D eigenvalue weighted by Gasteiger charge is -2.63. The smallest absolute Gasteiger partial charge is 0.338 e. The third kappa shape index (κ3) is 5.72. The number of hydrogen-bond donors (Lipinski definition) is 0. The standard InChI is InChI=1S/C40H52O6/c1-27(11-10-22-43-36(41)28-12-6-4-7-13-28)31-16-17-32-35-33(18-19-39(31,32)3)38(2)20-21-40(44-23-24-45-40)26-30(38)25-34(35)46-37(42)29-14-8-5-9-15-29/h4-9,12-15,27,30-35H,10-11,16-26H2,1-3H3/t27-,30+,31-,32?,33?,34-,35?,38+,39-/m1/s1. The Hall–Kier alpha value is -2.70. The zero-order valence-electron chi connectivity index (χ0n) is 28.0. The Morgan fingerprint density at radius 1 is 0.826 bits per heavy atom. The lowest BCUT2D eigenvalue weighted by molar-refractivity contribution is -0.242. The fourth-order valence-electron chi connectivity index (χ4n) is 11.2. The zero-order chi connectivity index (χ0) is 31.9. The minimum absolute atomic E-state index is 0.0941. The van der Waals surface area contributed by atoms with Gasteiger partial charge < -0.3 is 18.9 Å². The summed E-state index contributed by atoms with van der Waals surface area (Å²) in [7, 11) is 0. The van der Waals surface area contributed by atoms with E-state index in [2.05, 4.69) is 20.8 Å². The van der Waals surface area contributed by atoms with Gasteiger partial charge in [-0.2, -0.15) is 0 Å². The van der Waals surface area contributed by atoms with Gasteiger partial charge in [0.2, 0.25) is 0 Å². The Labute approximate surface area is 274 Å². The molecule has 9 atom stereocenters. The molecule has 6 nitrogen and oxygen atoms in total. The van der Waals surface area contributed by atoms with Crippen molar-refractivity contribution in [3.05, 3.63) is 71.8 Å². The van der Waals surface area contributed by atoms with Crippen LogP contribution in [-0.4, -0.2) is 43.7 Å². The molecule has 1 saturated heterocycles. The molecule has 1 heterocycles. The van der Waals surface area contributed by atoms with Crippen LogP contribution in [0.2, 0.25) is 0 Å². The van der Waals surface area contributed by atoms with Gasteiger partial charge in [-0.25, -0.2) is 9.59 Å². The first-order valence-electron chi connectivity index (χ1n) is 18.0. The fraction of sp³-hybridized carbons (Fsp3) is 0.650. The van der Waals surface area contributed by atoms with E-state index >= 15 is 0 Å². The molecule has 6 heteroatoms. The average molecular weight is 629 g/mol. The van der Waals surface area contributed by atoms with Gasteiger partial charge in [0.1, 0.15) is 6.10 Å². The molecule has 0 radical (unpaired) electrons. The van der Waals surface area contributed by atoms with E-state index in [-0.39, 0.29) is 28.9 Å². The number of carbonyl (C=O) groups is 2. The number of carbonyl (C=O) groups excluding carboxylic acids is 2. The highest BCUT2D eigenvalue weighted by molar-refractivity contribution is 5.89. The van der Waals surface area contributed by atoms with Crippen molar-refractivity contribution in [2.45, 2.75) is 96.9 Å². The maximum atomic E-state index is 13.6. The molecule has 0 bridgehead atoms. The van der Waals surface area contributed by atoms with Crippen molar-refractivity contribution in [1.82, 2.24) is 0 Å². The van der Waals surface area contributed by atoms with E-state index in [1.165, 1.54) is 25.7 Å². The molecule has 5 fully saturated rings. The van der Waals surface area contributed by atoms with Gasteiger partial charge in [-0.15, -0.1) is 0 Å². The highest BCUT2D eigenvalue weighted by Gasteiger charge is 2.65. The normalized spacial score (nSPS) is 36.7. The molecule has 2 aromatic carbocycles. The van der Waals surface area contributed by atoms with Gasteiger partial charge >= 0.3 is 11.9 Å². The Kier molecular flexibility index (Phi) is 8.82. The molecule has 3 unspecified atom stereocenters. The zero-order valence-corrected chi connectivity index (χ0v) is 28.0. The maximum Gasteiger partial charge on any atom is 0.338 e. The Morgan fingerprint density at radius 3 is 2.17 bits per heavy atom. The van der Waals surface area contributed by atoms with Crippen LogP contribution in [0.3, 0.4) is 0 Å². The molecule has 4 aliphatic carbocycles. The first kappa shape index (κ1) is 31.9. The molecule has 0 amide bonds. The second kappa shape index (κ2) is 12.7. The second-order valence-corrected chi connectivity index (χ2v) is 15.7. The van der Waals surface area contributed by atoms with Crippen molar-refractivity contribution in [3.63, 3.8) is 0 Å². The summed E-state index contributed by atoms with van der Waals surface area (Å²) in [6.45, 7) is 9.33. The van der Waals surface area contributed by atoms with Gasteiger partial charge in [-0.05, 0) is 116 Å². The highest BCUT2D eigenvalue weighted by Crippen LogP contribution is 2.69. The number of rotatable bonds is 8. The van der Waals surface area contributed by atoms with Crippen LogP contribution in [0, 0.1) is 46.3 Å². The summed E-state index contributed by atoms with van der Waals surface area (Å²) in [5, 5.41) is 0. The molecular weight excluding hydrogens is 576 g/mol. The predicted molar refractivity (Wildman–Crippen MR) is 176 cm³/mol. The van der Waals surface area contributed by atoms with Crippen molar-refractivity contribution < 1.29 is 28.5 Å². The van der Waals surface area contributed by atoms with Gasteiger partial charge in [0.25, 0.3) is 0 Å². The van der Waals surface area contributed by atoms with E-state index in [1.54, 1.807) is 12.1 Å². The molecular formula is C40H52O6. The van der Waals surface area contributed by atoms with Gasteiger partial charge in [-0.3, -0.25) is 0 Å². The largest absolute Gasteiger partial charge is 0.462 e. The van der Waals surface area contributed by atoms with Crippen LogP contribution < -0.4 is 0 Å². The predicted octanol–water partition coefficient (Wildman–Crippen LogP) is 8.50. The lowest BCUT2D eigenvalue weighted by atomic mass is 9.43. The van der Waals surface area contributed by atoms with E-state index in [0.717, 1.165) is 38.5 Å². The molecule has 2 aromatic rings. The van der Waals surface area contributed by atoms with E-state index in [0.29, 0.717) is 66.5 Å². The summed E-state index contributed by atoms with van der Waals surface area (Å²) in [4.78, 5) is 26.0. The Balaban J connectivity index is 1.07. The molecule has 1 spiro atoms. The highest BCUT2D eigenvalue weighted by atomic mass is 16.7. The second-order valence-electron chi connectivity index (χ2n) is 15.7. The topological polar surface area (TPSA) is 71.1 Å². The third-order valence-electron chi connectivity index (χ3n) is 13.5. The van der Waals surface area contributed by atoms with Crippen LogP contribution >= 0.6 is 0 Å². The fourth-order valence-corrected chi connectivity index (χ4v) is 11.2. The number of hydrogen-bond acceptors (Lipinski definition) is 6. The van der Waals surface area contributed by atoms with Gasteiger partial charge in [-0.1, -0.05) is 57.2 Å². The summed E-state index contributed by atoms with van der Waals surface area (Å²) in [5.74, 6) is 2.15. The number of esters is 2. The van der Waals surface area contributed by atoms with Crippen molar-refractivity contribution >= 4 is 11.9 Å². The van der Waals surface area contributed by atoms with Crippen molar-refractivity contribution in [1.29, 1.82) is 0 Å². The maximum absolute atomic E-state index is 13.6. The molecule has 46 heavy (non-hydrogen) atoms. The van der Waals surface area contributed by atoms with Crippen LogP contribution in [0.15, 0.2) is 60.7 Å². The summed E-state index contributed by atoms with van der Waals surface area (Å²) in [5.41, 5.74) is 1.67. The van der Waals surface area contributed by atoms with Crippen LogP contribution in [0.4, 0.5) is 0 Å². The van der Waals surface area contributed by atoms with E-state index < -0.39 is 5.79 Å². The van der Waals surface area contributed by atoms with Gasteiger partial charge in [0.15, 0.2) is 5.79 Å². The lowest BCUT2D eigenvalue weighted by Crippen LogP contribution is -2.60. The van der Waals surface area contributed by atoms with Crippen LogP contribution in [0.1, 0.15) is 106 Å². The Morgan fingerprint density at radius 2 is 1.48 bits per heavy atom. The number of fused-ring (bicyclic) bond motifs is 5. The molecule has 0 aromatic heterocycles. The summed E-state index contributed by atoms with van der Waals surface area (Å²) in [6, 6.07) is 18.8. The Bertz CT molecular complexity index is 1370. The van der Waals surface area contributed by atoms with Gasteiger partial charge in [0, 0.05) is 18.8 Å². The molecule has 0 N–H and O–H groups in total. The van der Waals surface area contributed by atoms with E-state index in [4.69, 9.17) is 18.9 Å². The van der Waals surface area contributed by atoms with Crippen molar-refractivity contribution in [2.24, 2.45) is 46.3 Å². The minimum atomic E-state index is -0.447. The molecule has 4 saturated carbocycles. The van der Waals surface area contributed by atoms with Crippen LogP contribution in [0.25, 0.3) is 0 Å². The van der Waals surface area contributed by atoms with Crippen molar-refractivity contribution in [3.8, 4) is 0 Å². The van der Waals surface area contributed by atoms with E-state index in [9.17, 15) is 9.59 Å². The van der Waals surface area contributed by atoms with Gasteiger partial charge in [0.05, 0.1) is 30.9 Å². The molecule has 248 valence electrons. The SMILES string of the molecule is C[C@H](CCCOC(=O)c1ccccc1)[C@H]1CCC2C3C(CC[C@@]21C)[C@@]1(C)CCC2(C[C@@H]1C[C@H]3OC(=O)c1ccccc1)OCCO2. The minimum Gasteiger partial charge on any atom is -0.462 e. The molecule has 5 aliphatic rings. The summed E-state index contributed by atoms with van der Waals surface area (Å²) >= 11 is 0. The molecule has 7 rings (SSSR count). The van der Waals surface area contributed by atoms with Crippen molar-refractivity contribution in [2.75, 3.05) is 19.8 Å². The average Bonchev–Trinajstić information content (AvgIpc) is 3.68. The molecule has 1 aliphatic heterocycles. The van der Waals surface area contributed by atoms with Crippen LogP contribution in [-0.2, 0) is 18.9 Å². The summed E-state index contributed by atoms with van der Waals surface area (Å²) < 4.78 is 24.7. The quantitative estimate of drug-likeness (QED) is 0.216. The number of benzene rings is 2. The first-order valence-corrected chi connectivity index (χ1v) is 18.0. The first-order chi connectivity index (χ1) is 22.2. The van der Waals surface area contributed by atoms with Crippen LogP contribution in [0.5, 0.6) is 0 Å². The number of ether oxygens (including phenoxy) is 4. The van der Waals surface area contributed by atoms with E-state index in [1.807, 2.05) is 48.5 Å². The summed E-state index contributed by atoms with van der Waals surface area (Å²) in [6.07, 6.45) is 10.6. The monoisotopic (exact) mass is 628 g/mol. The third-order valence-corrected chi connectivity index (χ3v) is 13.5.